The Kier molecular flexibility index (Phi) is 5.75. The van der Waals surface area contributed by atoms with Crippen molar-refractivity contribution in [3.8, 4) is 0 Å². The minimum atomic E-state index is -3.20. The zero-order valence-corrected chi connectivity index (χ0v) is 13.7. The maximum absolute atomic E-state index is 12.3. The SMILES string of the molecule is Cc1ccc(CN(C)S(=O)(=O)CCN2CCNCC2)cc1. The average Bonchev–Trinajstić information content (AvgIpc) is 2.48. The second-order valence-electron chi connectivity index (χ2n) is 5.65. The van der Waals surface area contributed by atoms with Gasteiger partial charge in [0.05, 0.1) is 5.75 Å². The first-order valence-electron chi connectivity index (χ1n) is 7.40. The number of nitrogens with zero attached hydrogens (tertiary/aromatic N) is 2. The van der Waals surface area contributed by atoms with Crippen LogP contribution in [0.1, 0.15) is 11.1 Å². The normalized spacial score (nSPS) is 17.3. The van der Waals surface area contributed by atoms with Crippen molar-refractivity contribution >= 4 is 10.0 Å². The van der Waals surface area contributed by atoms with E-state index in [1.165, 1.54) is 9.87 Å². The van der Waals surface area contributed by atoms with Crippen LogP contribution in [0.15, 0.2) is 24.3 Å². The van der Waals surface area contributed by atoms with Gasteiger partial charge in [0.1, 0.15) is 0 Å². The molecule has 0 radical (unpaired) electrons. The summed E-state index contributed by atoms with van der Waals surface area (Å²) in [5, 5.41) is 3.27. The first-order valence-corrected chi connectivity index (χ1v) is 9.01. The van der Waals surface area contributed by atoms with Crippen LogP contribution in [-0.4, -0.2) is 63.1 Å². The first kappa shape index (κ1) is 16.4. The Morgan fingerprint density at radius 3 is 2.43 bits per heavy atom. The second-order valence-corrected chi connectivity index (χ2v) is 7.84. The van der Waals surface area contributed by atoms with Gasteiger partial charge in [0.2, 0.25) is 10.0 Å². The molecule has 0 aliphatic carbocycles. The Balaban J connectivity index is 1.87. The van der Waals surface area contributed by atoms with Crippen molar-refractivity contribution in [3.63, 3.8) is 0 Å². The summed E-state index contributed by atoms with van der Waals surface area (Å²) in [5.74, 6) is 0.190. The van der Waals surface area contributed by atoms with Crippen molar-refractivity contribution in [2.24, 2.45) is 0 Å². The van der Waals surface area contributed by atoms with Gasteiger partial charge in [-0.2, -0.15) is 0 Å². The molecule has 1 fully saturated rings. The van der Waals surface area contributed by atoms with E-state index in [1.807, 2.05) is 31.2 Å². The summed E-state index contributed by atoms with van der Waals surface area (Å²) in [4.78, 5) is 2.20. The minimum absolute atomic E-state index is 0.190. The molecule has 1 N–H and O–H groups in total. The van der Waals surface area contributed by atoms with E-state index >= 15 is 0 Å². The van der Waals surface area contributed by atoms with E-state index in [0.717, 1.165) is 31.7 Å². The highest BCUT2D eigenvalue weighted by Crippen LogP contribution is 2.09. The zero-order valence-electron chi connectivity index (χ0n) is 12.9. The topological polar surface area (TPSA) is 52.7 Å². The van der Waals surface area contributed by atoms with Crippen molar-refractivity contribution in [3.05, 3.63) is 35.4 Å². The Hall–Kier alpha value is -0.950. The van der Waals surface area contributed by atoms with Crippen molar-refractivity contribution in [2.75, 3.05) is 45.5 Å². The lowest BCUT2D eigenvalue weighted by molar-refractivity contribution is 0.252. The van der Waals surface area contributed by atoms with Crippen LogP contribution in [-0.2, 0) is 16.6 Å². The van der Waals surface area contributed by atoms with Crippen LogP contribution >= 0.6 is 0 Å². The highest BCUT2D eigenvalue weighted by Gasteiger charge is 2.20. The standard InChI is InChI=1S/C15H25N3O2S/c1-14-3-5-15(6-4-14)13-17(2)21(19,20)12-11-18-9-7-16-8-10-18/h3-6,16H,7-13H2,1-2H3. The molecule has 0 unspecified atom stereocenters. The summed E-state index contributed by atoms with van der Waals surface area (Å²) < 4.78 is 26.1. The van der Waals surface area contributed by atoms with Crippen LogP contribution < -0.4 is 5.32 Å². The van der Waals surface area contributed by atoms with Gasteiger partial charge in [-0.05, 0) is 12.5 Å². The highest BCUT2D eigenvalue weighted by molar-refractivity contribution is 7.89. The molecule has 0 aromatic heterocycles. The summed E-state index contributed by atoms with van der Waals surface area (Å²) in [6.07, 6.45) is 0. The van der Waals surface area contributed by atoms with Crippen molar-refractivity contribution < 1.29 is 8.42 Å². The number of hydrogen-bond acceptors (Lipinski definition) is 4. The number of aryl methyl sites for hydroxylation is 1. The smallest absolute Gasteiger partial charge is 0.215 e. The van der Waals surface area contributed by atoms with E-state index in [0.29, 0.717) is 13.1 Å². The van der Waals surface area contributed by atoms with Crippen molar-refractivity contribution in [2.45, 2.75) is 13.5 Å². The molecule has 1 saturated heterocycles. The summed E-state index contributed by atoms with van der Waals surface area (Å²) >= 11 is 0. The van der Waals surface area contributed by atoms with E-state index in [-0.39, 0.29) is 5.75 Å². The van der Waals surface area contributed by atoms with Crippen LogP contribution in [0.2, 0.25) is 0 Å². The summed E-state index contributed by atoms with van der Waals surface area (Å²) in [6, 6.07) is 7.99. The molecule has 6 heteroatoms. The third-order valence-electron chi connectivity index (χ3n) is 3.88. The van der Waals surface area contributed by atoms with Crippen molar-refractivity contribution in [1.29, 1.82) is 0 Å². The molecule has 0 spiro atoms. The van der Waals surface area contributed by atoms with Crippen LogP contribution in [0.3, 0.4) is 0 Å². The Morgan fingerprint density at radius 1 is 1.19 bits per heavy atom. The molecule has 1 aliphatic heterocycles. The Labute approximate surface area is 128 Å². The zero-order chi connectivity index (χ0) is 15.3. The summed E-state index contributed by atoms with van der Waals surface area (Å²) in [7, 11) is -1.54. The highest BCUT2D eigenvalue weighted by atomic mass is 32.2. The third kappa shape index (κ3) is 5.07. The van der Waals surface area contributed by atoms with E-state index in [1.54, 1.807) is 7.05 Å². The van der Waals surface area contributed by atoms with Gasteiger partial charge in [0.25, 0.3) is 0 Å². The first-order chi connectivity index (χ1) is 9.97. The van der Waals surface area contributed by atoms with Gasteiger partial charge < -0.3 is 5.32 Å². The van der Waals surface area contributed by atoms with Gasteiger partial charge in [-0.3, -0.25) is 4.90 Å². The number of sulfonamides is 1. The lowest BCUT2D eigenvalue weighted by Gasteiger charge is -2.27. The molecular formula is C15H25N3O2S. The molecule has 21 heavy (non-hydrogen) atoms. The molecule has 0 atom stereocenters. The second kappa shape index (κ2) is 7.35. The van der Waals surface area contributed by atoms with Gasteiger partial charge >= 0.3 is 0 Å². The van der Waals surface area contributed by atoms with Gasteiger partial charge in [0.15, 0.2) is 0 Å². The largest absolute Gasteiger partial charge is 0.314 e. The average molecular weight is 311 g/mol. The monoisotopic (exact) mass is 311 g/mol. The maximum atomic E-state index is 12.3. The van der Waals surface area contributed by atoms with Crippen molar-refractivity contribution in [1.82, 2.24) is 14.5 Å². The maximum Gasteiger partial charge on any atom is 0.215 e. The Bertz CT molecular complexity index is 537. The molecular weight excluding hydrogens is 286 g/mol. The van der Waals surface area contributed by atoms with E-state index in [2.05, 4.69) is 10.2 Å². The fourth-order valence-electron chi connectivity index (χ4n) is 2.38. The lowest BCUT2D eigenvalue weighted by atomic mass is 10.1. The predicted molar refractivity (Wildman–Crippen MR) is 85.7 cm³/mol. The van der Waals surface area contributed by atoms with E-state index in [9.17, 15) is 8.42 Å². The van der Waals surface area contributed by atoms with Gasteiger partial charge in [-0.1, -0.05) is 29.8 Å². The van der Waals surface area contributed by atoms with Crippen LogP contribution in [0.25, 0.3) is 0 Å². The number of hydrogen-bond donors (Lipinski definition) is 1. The molecule has 118 valence electrons. The van der Waals surface area contributed by atoms with E-state index < -0.39 is 10.0 Å². The molecule has 0 saturated carbocycles. The molecule has 0 bridgehead atoms. The van der Waals surface area contributed by atoms with Gasteiger partial charge in [-0.25, -0.2) is 12.7 Å². The van der Waals surface area contributed by atoms with Crippen LogP contribution in [0, 0.1) is 6.92 Å². The predicted octanol–water partition coefficient (Wildman–Crippen LogP) is 0.662. The minimum Gasteiger partial charge on any atom is -0.314 e. The van der Waals surface area contributed by atoms with E-state index in [4.69, 9.17) is 0 Å². The molecule has 1 aliphatic rings. The van der Waals surface area contributed by atoms with Gasteiger partial charge in [0, 0.05) is 46.3 Å². The van der Waals surface area contributed by atoms with Crippen LogP contribution in [0.5, 0.6) is 0 Å². The molecule has 1 aromatic carbocycles. The fraction of sp³-hybridized carbons (Fsp3) is 0.600. The molecule has 0 amide bonds. The molecule has 1 aromatic rings. The molecule has 1 heterocycles. The quantitative estimate of drug-likeness (QED) is 0.839. The van der Waals surface area contributed by atoms with Crippen LogP contribution in [0.4, 0.5) is 0 Å². The summed E-state index contributed by atoms with van der Waals surface area (Å²) in [5.41, 5.74) is 2.21. The van der Waals surface area contributed by atoms with Gasteiger partial charge in [-0.15, -0.1) is 0 Å². The number of rotatable bonds is 6. The molecule has 2 rings (SSSR count). The Morgan fingerprint density at radius 2 is 1.81 bits per heavy atom. The number of benzene rings is 1. The third-order valence-corrected chi connectivity index (χ3v) is 5.65. The molecule has 5 nitrogen and oxygen atoms in total. The summed E-state index contributed by atoms with van der Waals surface area (Å²) in [6.45, 7) is 6.82. The number of piperazine rings is 1. The fourth-order valence-corrected chi connectivity index (χ4v) is 3.53. The lowest BCUT2D eigenvalue weighted by Crippen LogP contribution is -2.46. The number of nitrogens with one attached hydrogen (secondary N) is 1.